The van der Waals surface area contributed by atoms with Crippen molar-refractivity contribution in [3.8, 4) is 0 Å². The molecule has 0 saturated heterocycles. The molecule has 0 heterocycles. The van der Waals surface area contributed by atoms with Crippen molar-refractivity contribution in [2.75, 3.05) is 0 Å². The van der Waals surface area contributed by atoms with Gasteiger partial charge < -0.3 is 5.11 Å². The highest BCUT2D eigenvalue weighted by Gasteiger charge is 2.10. The van der Waals surface area contributed by atoms with Gasteiger partial charge in [-0.1, -0.05) is 30.3 Å². The summed E-state index contributed by atoms with van der Waals surface area (Å²) >= 11 is 0. The van der Waals surface area contributed by atoms with Crippen LogP contribution >= 0.6 is 0 Å². The van der Waals surface area contributed by atoms with E-state index in [1.165, 1.54) is 0 Å². The van der Waals surface area contributed by atoms with Crippen LogP contribution in [0.3, 0.4) is 0 Å². The minimum Gasteiger partial charge on any atom is -0.373 e. The van der Waals surface area contributed by atoms with E-state index < -0.39 is 6.23 Å². The van der Waals surface area contributed by atoms with Crippen molar-refractivity contribution < 1.29 is 15.5 Å². The molecule has 1 aromatic carbocycles. The van der Waals surface area contributed by atoms with Crippen molar-refractivity contribution in [1.82, 2.24) is 5.23 Å². The molecule has 1 unspecified atom stereocenters. The van der Waals surface area contributed by atoms with Crippen LogP contribution in [0.25, 0.3) is 0 Å². The lowest BCUT2D eigenvalue weighted by atomic mass is 10.1. The van der Waals surface area contributed by atoms with Crippen LogP contribution in [0.4, 0.5) is 0 Å². The predicted molar refractivity (Wildman–Crippen MR) is 41.6 cm³/mol. The van der Waals surface area contributed by atoms with Crippen LogP contribution < -0.4 is 0 Å². The molecule has 0 amide bonds. The van der Waals surface area contributed by atoms with E-state index in [2.05, 4.69) is 0 Å². The summed E-state index contributed by atoms with van der Waals surface area (Å²) in [7, 11) is 0. The number of benzene rings is 1. The first-order valence-corrected chi connectivity index (χ1v) is 3.59. The topological polar surface area (TPSA) is 63.9 Å². The van der Waals surface area contributed by atoms with Crippen LogP contribution in [0, 0.1) is 0 Å². The number of hydrogen-bond acceptors (Lipinski definition) is 4. The summed E-state index contributed by atoms with van der Waals surface area (Å²) in [5.41, 5.74) is 0.845. The maximum Gasteiger partial charge on any atom is 0.160 e. The lowest BCUT2D eigenvalue weighted by molar-refractivity contribution is -0.369. The van der Waals surface area contributed by atoms with E-state index in [0.717, 1.165) is 5.56 Å². The molecule has 0 bridgehead atoms. The monoisotopic (exact) mass is 169 g/mol. The van der Waals surface area contributed by atoms with E-state index in [-0.39, 0.29) is 11.6 Å². The van der Waals surface area contributed by atoms with Gasteiger partial charge in [-0.05, 0) is 10.8 Å². The fourth-order valence-corrected chi connectivity index (χ4v) is 0.907. The van der Waals surface area contributed by atoms with E-state index in [1.54, 1.807) is 12.1 Å². The molecule has 0 saturated carbocycles. The zero-order valence-electron chi connectivity index (χ0n) is 6.46. The van der Waals surface area contributed by atoms with Gasteiger partial charge in [0.2, 0.25) is 0 Å². The number of rotatable bonds is 3. The molecular formula is C8H11NO3. The number of aliphatic hydroxyl groups is 1. The lowest BCUT2D eigenvalue weighted by Gasteiger charge is -2.13. The van der Waals surface area contributed by atoms with Crippen molar-refractivity contribution in [2.24, 2.45) is 0 Å². The highest BCUT2D eigenvalue weighted by molar-refractivity contribution is 5.15. The molecule has 1 atom stereocenters. The van der Waals surface area contributed by atoms with E-state index >= 15 is 0 Å². The zero-order chi connectivity index (χ0) is 8.97. The van der Waals surface area contributed by atoms with Gasteiger partial charge >= 0.3 is 0 Å². The Kier molecular flexibility index (Phi) is 3.19. The number of hydrogen-bond donors (Lipinski definition) is 3. The van der Waals surface area contributed by atoms with Crippen LogP contribution in [-0.2, 0) is 6.42 Å². The Morgan fingerprint density at radius 1 is 1.17 bits per heavy atom. The second-order valence-electron chi connectivity index (χ2n) is 2.49. The number of hydroxylamine groups is 2. The van der Waals surface area contributed by atoms with Crippen LogP contribution in [0.15, 0.2) is 30.3 Å². The minimum absolute atomic E-state index is 0.188. The Balaban J connectivity index is 2.53. The molecule has 1 aromatic rings. The van der Waals surface area contributed by atoms with E-state index in [9.17, 15) is 0 Å². The second kappa shape index (κ2) is 4.18. The van der Waals surface area contributed by atoms with Gasteiger partial charge in [0.15, 0.2) is 6.23 Å². The third-order valence-corrected chi connectivity index (χ3v) is 1.53. The Bertz CT molecular complexity index is 225. The van der Waals surface area contributed by atoms with Gasteiger partial charge in [0.25, 0.3) is 0 Å². The molecule has 1 rings (SSSR count). The molecule has 0 fully saturated rings. The lowest BCUT2D eigenvalue weighted by Crippen LogP contribution is -2.30. The van der Waals surface area contributed by atoms with Crippen molar-refractivity contribution in [3.63, 3.8) is 0 Å². The molecule has 4 heteroatoms. The normalized spacial score (nSPS) is 13.3. The first-order chi connectivity index (χ1) is 5.70. The molecule has 0 aliphatic heterocycles. The summed E-state index contributed by atoms with van der Waals surface area (Å²) in [6.45, 7) is 0. The van der Waals surface area contributed by atoms with Gasteiger partial charge in [-0.15, -0.1) is 0 Å². The van der Waals surface area contributed by atoms with Gasteiger partial charge in [-0.25, -0.2) is 0 Å². The average molecular weight is 169 g/mol. The van der Waals surface area contributed by atoms with E-state index in [1.807, 2.05) is 18.2 Å². The van der Waals surface area contributed by atoms with Crippen molar-refractivity contribution in [3.05, 3.63) is 35.9 Å². The highest BCUT2D eigenvalue weighted by atomic mass is 16.8. The maximum atomic E-state index is 9.01. The van der Waals surface area contributed by atoms with Gasteiger partial charge in [-0.3, -0.25) is 10.4 Å². The molecule has 0 radical (unpaired) electrons. The summed E-state index contributed by atoms with van der Waals surface area (Å²) in [6.07, 6.45) is -1.08. The van der Waals surface area contributed by atoms with Crippen molar-refractivity contribution >= 4 is 0 Å². The van der Waals surface area contributed by atoms with Gasteiger partial charge in [0.05, 0.1) is 0 Å². The van der Waals surface area contributed by atoms with Gasteiger partial charge in [-0.2, -0.15) is 0 Å². The molecule has 0 aromatic heterocycles. The highest BCUT2D eigenvalue weighted by Crippen LogP contribution is 2.03. The second-order valence-corrected chi connectivity index (χ2v) is 2.49. The first-order valence-electron chi connectivity index (χ1n) is 3.59. The van der Waals surface area contributed by atoms with E-state index in [0.29, 0.717) is 0 Å². The summed E-state index contributed by atoms with van der Waals surface area (Å²) < 4.78 is 0. The van der Waals surface area contributed by atoms with Crippen LogP contribution in [-0.4, -0.2) is 27.0 Å². The van der Waals surface area contributed by atoms with Crippen LogP contribution in [0.1, 0.15) is 5.56 Å². The van der Waals surface area contributed by atoms with Gasteiger partial charge in [0, 0.05) is 6.42 Å². The Labute approximate surface area is 70.2 Å². The first kappa shape index (κ1) is 9.15. The summed E-state index contributed by atoms with van der Waals surface area (Å²) in [4.78, 5) is 0. The third kappa shape index (κ3) is 2.60. The zero-order valence-corrected chi connectivity index (χ0v) is 6.46. The van der Waals surface area contributed by atoms with Crippen LogP contribution in [0.5, 0.6) is 0 Å². The fraction of sp³-hybridized carbons (Fsp3) is 0.250. The predicted octanol–water partition coefficient (Wildman–Crippen LogP) is 0.628. The molecule has 3 N–H and O–H groups in total. The average Bonchev–Trinajstić information content (AvgIpc) is 2.06. The van der Waals surface area contributed by atoms with Crippen molar-refractivity contribution in [2.45, 2.75) is 12.6 Å². The quantitative estimate of drug-likeness (QED) is 0.458. The van der Waals surface area contributed by atoms with Crippen LogP contribution in [0.2, 0.25) is 0 Å². The minimum atomic E-state index is -1.27. The molecule has 4 nitrogen and oxygen atoms in total. The summed E-state index contributed by atoms with van der Waals surface area (Å²) in [6, 6.07) is 9.09. The third-order valence-electron chi connectivity index (χ3n) is 1.53. The fourth-order valence-electron chi connectivity index (χ4n) is 0.907. The Morgan fingerprint density at radius 2 is 1.75 bits per heavy atom. The molecular weight excluding hydrogens is 158 g/mol. The Morgan fingerprint density at radius 3 is 2.25 bits per heavy atom. The molecule has 0 spiro atoms. The molecule has 0 aliphatic carbocycles. The van der Waals surface area contributed by atoms with Gasteiger partial charge in [0.1, 0.15) is 0 Å². The standard InChI is InChI=1S/C8H11NO3/c10-8(9(11)12)6-7-4-2-1-3-5-7/h1-5,8,10-12H,6H2. The molecule has 66 valence electrons. The Hall–Kier alpha value is -0.940. The summed E-state index contributed by atoms with van der Waals surface area (Å²) in [5, 5.41) is 25.6. The largest absolute Gasteiger partial charge is 0.373 e. The number of nitrogens with zero attached hydrogens (tertiary/aromatic N) is 1. The SMILES string of the molecule is OC(Cc1ccccc1)N(O)O. The summed E-state index contributed by atoms with van der Waals surface area (Å²) in [5.74, 6) is 0. The van der Waals surface area contributed by atoms with Crippen molar-refractivity contribution in [1.29, 1.82) is 0 Å². The smallest absolute Gasteiger partial charge is 0.160 e. The molecule has 0 aliphatic rings. The number of aliphatic hydroxyl groups excluding tert-OH is 1. The molecule has 12 heavy (non-hydrogen) atoms. The van der Waals surface area contributed by atoms with E-state index in [4.69, 9.17) is 15.5 Å². The maximum absolute atomic E-state index is 9.01.